The van der Waals surface area contributed by atoms with Gasteiger partial charge in [-0.2, -0.15) is 5.26 Å². The van der Waals surface area contributed by atoms with Crippen LogP contribution in [0.25, 0.3) is 0 Å². The van der Waals surface area contributed by atoms with Gasteiger partial charge in [0.05, 0.1) is 6.07 Å². The van der Waals surface area contributed by atoms with E-state index < -0.39 is 0 Å². The topological polar surface area (TPSA) is 84.2 Å². The highest BCUT2D eigenvalue weighted by atomic mass is 16.5. The SMILES string of the molecule is N#CCCCN1CCC(Oc2nccnc2OCc2cccnc2)CC1. The molecule has 2 aromatic heterocycles. The van der Waals surface area contributed by atoms with Gasteiger partial charge in [-0.1, -0.05) is 6.07 Å². The molecule has 3 rings (SSSR count). The van der Waals surface area contributed by atoms with Crippen LogP contribution >= 0.6 is 0 Å². The van der Waals surface area contributed by atoms with E-state index in [0.29, 0.717) is 24.8 Å². The molecule has 1 aliphatic heterocycles. The molecule has 0 aromatic carbocycles. The van der Waals surface area contributed by atoms with Crippen molar-refractivity contribution >= 4 is 0 Å². The summed E-state index contributed by atoms with van der Waals surface area (Å²) in [6.07, 6.45) is 10.2. The molecule has 0 N–H and O–H groups in total. The van der Waals surface area contributed by atoms with Crippen molar-refractivity contribution in [2.75, 3.05) is 19.6 Å². The zero-order valence-electron chi connectivity index (χ0n) is 14.8. The van der Waals surface area contributed by atoms with E-state index in [-0.39, 0.29) is 6.10 Å². The average Bonchev–Trinajstić information content (AvgIpc) is 2.70. The number of hydrogen-bond acceptors (Lipinski definition) is 7. The first-order valence-electron chi connectivity index (χ1n) is 8.94. The highest BCUT2D eigenvalue weighted by molar-refractivity contribution is 5.25. The number of aromatic nitrogens is 3. The molecule has 7 nitrogen and oxygen atoms in total. The Morgan fingerprint density at radius 1 is 1.15 bits per heavy atom. The van der Waals surface area contributed by atoms with Crippen LogP contribution in [0.1, 0.15) is 31.2 Å². The molecule has 1 fully saturated rings. The first kappa shape index (κ1) is 18.1. The molecule has 0 unspecified atom stereocenters. The number of nitrogens with zero attached hydrogens (tertiary/aromatic N) is 5. The summed E-state index contributed by atoms with van der Waals surface area (Å²) >= 11 is 0. The second kappa shape index (κ2) is 9.68. The van der Waals surface area contributed by atoms with Gasteiger partial charge in [0.25, 0.3) is 11.8 Å². The number of pyridine rings is 1. The Labute approximate surface area is 153 Å². The van der Waals surface area contributed by atoms with Crippen LogP contribution in [-0.4, -0.2) is 45.6 Å². The Morgan fingerprint density at radius 3 is 2.69 bits per heavy atom. The Bertz CT molecular complexity index is 711. The molecule has 0 atom stereocenters. The quantitative estimate of drug-likeness (QED) is 0.674. The Balaban J connectivity index is 1.50. The van der Waals surface area contributed by atoms with Gasteiger partial charge in [-0.15, -0.1) is 0 Å². The van der Waals surface area contributed by atoms with Gasteiger partial charge in [-0.05, 0) is 31.9 Å². The number of nitriles is 1. The van der Waals surface area contributed by atoms with E-state index in [4.69, 9.17) is 14.7 Å². The van der Waals surface area contributed by atoms with E-state index in [9.17, 15) is 0 Å². The fraction of sp³-hybridized carbons (Fsp3) is 0.474. The Kier molecular flexibility index (Phi) is 6.73. The van der Waals surface area contributed by atoms with Gasteiger partial charge in [0.2, 0.25) is 0 Å². The normalized spacial score (nSPS) is 15.3. The second-order valence-electron chi connectivity index (χ2n) is 6.24. The summed E-state index contributed by atoms with van der Waals surface area (Å²) in [5.74, 6) is 0.854. The van der Waals surface area contributed by atoms with Crippen molar-refractivity contribution in [2.24, 2.45) is 0 Å². The number of rotatable bonds is 8. The van der Waals surface area contributed by atoms with Gasteiger partial charge in [-0.25, -0.2) is 9.97 Å². The fourth-order valence-corrected chi connectivity index (χ4v) is 2.92. The predicted octanol–water partition coefficient (Wildman–Crippen LogP) is 2.60. The van der Waals surface area contributed by atoms with Crippen LogP contribution < -0.4 is 9.47 Å². The summed E-state index contributed by atoms with van der Waals surface area (Å²) in [7, 11) is 0. The van der Waals surface area contributed by atoms with Crippen LogP contribution in [0, 0.1) is 11.3 Å². The zero-order valence-corrected chi connectivity index (χ0v) is 14.8. The van der Waals surface area contributed by atoms with Crippen LogP contribution in [0.15, 0.2) is 36.9 Å². The molecule has 3 heterocycles. The monoisotopic (exact) mass is 353 g/mol. The summed E-state index contributed by atoms with van der Waals surface area (Å²) in [6, 6.07) is 6.02. The maximum absolute atomic E-state index is 8.63. The summed E-state index contributed by atoms with van der Waals surface area (Å²) in [4.78, 5) is 15.0. The molecule has 0 aliphatic carbocycles. The van der Waals surface area contributed by atoms with Gasteiger partial charge < -0.3 is 14.4 Å². The molecule has 2 aromatic rings. The van der Waals surface area contributed by atoms with Crippen LogP contribution in [0.5, 0.6) is 11.8 Å². The van der Waals surface area contributed by atoms with Crippen molar-refractivity contribution in [2.45, 2.75) is 38.4 Å². The van der Waals surface area contributed by atoms with Crippen LogP contribution in [0.3, 0.4) is 0 Å². The number of hydrogen-bond donors (Lipinski definition) is 0. The fourth-order valence-electron chi connectivity index (χ4n) is 2.92. The van der Waals surface area contributed by atoms with Gasteiger partial charge in [0.15, 0.2) is 0 Å². The highest BCUT2D eigenvalue weighted by Gasteiger charge is 2.22. The lowest BCUT2D eigenvalue weighted by molar-refractivity contribution is 0.0913. The summed E-state index contributed by atoms with van der Waals surface area (Å²) in [5.41, 5.74) is 0.967. The molecule has 0 amide bonds. The molecular weight excluding hydrogens is 330 g/mol. The van der Waals surface area contributed by atoms with Gasteiger partial charge in [0.1, 0.15) is 12.7 Å². The molecule has 136 valence electrons. The molecule has 26 heavy (non-hydrogen) atoms. The van der Waals surface area contributed by atoms with E-state index in [0.717, 1.165) is 44.5 Å². The maximum Gasteiger partial charge on any atom is 0.278 e. The standard InChI is InChI=1S/C19H23N5O2/c20-7-1-2-11-24-12-5-17(6-13-24)26-19-18(22-9-10-23-19)25-15-16-4-3-8-21-14-16/h3-4,8-10,14,17H,1-2,5-6,11-13,15H2. The Hall–Kier alpha value is -2.72. The van der Waals surface area contributed by atoms with Crippen molar-refractivity contribution in [3.05, 3.63) is 42.5 Å². The molecule has 0 radical (unpaired) electrons. The predicted molar refractivity (Wildman–Crippen MR) is 95.5 cm³/mol. The van der Waals surface area contributed by atoms with Crippen LogP contribution in [-0.2, 0) is 6.61 Å². The third kappa shape index (κ3) is 5.39. The lowest BCUT2D eigenvalue weighted by Crippen LogP contribution is -2.38. The van der Waals surface area contributed by atoms with Crippen molar-refractivity contribution in [3.63, 3.8) is 0 Å². The van der Waals surface area contributed by atoms with Crippen molar-refractivity contribution < 1.29 is 9.47 Å². The van der Waals surface area contributed by atoms with E-state index in [1.807, 2.05) is 12.1 Å². The number of likely N-dealkylation sites (tertiary alicyclic amines) is 1. The van der Waals surface area contributed by atoms with Gasteiger partial charge in [-0.3, -0.25) is 4.98 Å². The van der Waals surface area contributed by atoms with E-state index in [1.165, 1.54) is 0 Å². The van der Waals surface area contributed by atoms with Crippen LogP contribution in [0.4, 0.5) is 0 Å². The lowest BCUT2D eigenvalue weighted by atomic mass is 10.1. The minimum atomic E-state index is 0.111. The maximum atomic E-state index is 8.63. The highest BCUT2D eigenvalue weighted by Crippen LogP contribution is 2.25. The minimum absolute atomic E-state index is 0.111. The largest absolute Gasteiger partial charge is 0.470 e. The van der Waals surface area contributed by atoms with E-state index in [1.54, 1.807) is 24.8 Å². The second-order valence-corrected chi connectivity index (χ2v) is 6.24. The molecule has 1 saturated heterocycles. The third-order valence-corrected chi connectivity index (χ3v) is 4.31. The molecule has 0 saturated carbocycles. The smallest absolute Gasteiger partial charge is 0.278 e. The molecule has 0 bridgehead atoms. The number of unbranched alkanes of at least 4 members (excludes halogenated alkanes) is 1. The summed E-state index contributed by atoms with van der Waals surface area (Å²) in [5, 5.41) is 8.63. The number of piperidine rings is 1. The average molecular weight is 353 g/mol. The van der Waals surface area contributed by atoms with Crippen molar-refractivity contribution in [3.8, 4) is 17.8 Å². The first-order valence-corrected chi connectivity index (χ1v) is 8.94. The third-order valence-electron chi connectivity index (χ3n) is 4.31. The van der Waals surface area contributed by atoms with E-state index >= 15 is 0 Å². The minimum Gasteiger partial charge on any atom is -0.470 e. The van der Waals surface area contributed by atoms with Crippen molar-refractivity contribution in [1.29, 1.82) is 5.26 Å². The van der Waals surface area contributed by atoms with Gasteiger partial charge in [0, 0.05) is 49.9 Å². The molecule has 7 heteroatoms. The lowest BCUT2D eigenvalue weighted by Gasteiger charge is -2.31. The van der Waals surface area contributed by atoms with Gasteiger partial charge >= 0.3 is 0 Å². The summed E-state index contributed by atoms with van der Waals surface area (Å²) < 4.78 is 11.8. The van der Waals surface area contributed by atoms with E-state index in [2.05, 4.69) is 25.9 Å². The number of ether oxygens (including phenoxy) is 2. The first-order chi connectivity index (χ1) is 12.8. The molecule has 1 aliphatic rings. The van der Waals surface area contributed by atoms with Crippen molar-refractivity contribution in [1.82, 2.24) is 19.9 Å². The van der Waals surface area contributed by atoms with Crippen LogP contribution in [0.2, 0.25) is 0 Å². The zero-order chi connectivity index (χ0) is 18.0. The molecule has 0 spiro atoms. The summed E-state index contributed by atoms with van der Waals surface area (Å²) in [6.45, 7) is 3.30. The Morgan fingerprint density at radius 2 is 1.96 bits per heavy atom. The molecular formula is C19H23N5O2.